The van der Waals surface area contributed by atoms with Gasteiger partial charge in [0.05, 0.1) is 17.7 Å². The van der Waals surface area contributed by atoms with Gasteiger partial charge < -0.3 is 15.3 Å². The van der Waals surface area contributed by atoms with Crippen LogP contribution in [0.1, 0.15) is 29.7 Å². The number of aromatic nitrogens is 3. The van der Waals surface area contributed by atoms with Crippen molar-refractivity contribution in [1.29, 1.82) is 0 Å². The second kappa shape index (κ2) is 12.2. The summed E-state index contributed by atoms with van der Waals surface area (Å²) >= 11 is 1.15. The van der Waals surface area contributed by atoms with Gasteiger partial charge in [-0.15, -0.1) is 0 Å². The lowest BCUT2D eigenvalue weighted by Crippen LogP contribution is -2.47. The Morgan fingerprint density at radius 3 is 2.41 bits per heavy atom. The normalized spacial score (nSPS) is 16.9. The molecule has 4 heterocycles. The van der Waals surface area contributed by atoms with Gasteiger partial charge in [0.15, 0.2) is 16.8 Å². The number of nitrogens with zero attached hydrogens (tertiary/aromatic N) is 6. The summed E-state index contributed by atoms with van der Waals surface area (Å²) in [6.45, 7) is 4.44. The average Bonchev–Trinajstić information content (AvgIpc) is 3.58. The number of benzene rings is 1. The molecule has 0 saturated carbocycles. The number of carbonyl (C=O) groups is 1. The highest BCUT2D eigenvalue weighted by Gasteiger charge is 2.32. The van der Waals surface area contributed by atoms with E-state index in [0.717, 1.165) is 49.4 Å². The Kier molecular flexibility index (Phi) is 8.66. The van der Waals surface area contributed by atoms with E-state index in [9.17, 15) is 22.4 Å². The van der Waals surface area contributed by atoms with Gasteiger partial charge in [-0.3, -0.25) is 14.6 Å². The van der Waals surface area contributed by atoms with Crippen molar-refractivity contribution in [1.82, 2.24) is 24.8 Å². The van der Waals surface area contributed by atoms with Gasteiger partial charge in [-0.1, -0.05) is 11.3 Å². The molecule has 0 atom stereocenters. The topological polar surface area (TPSA) is 97.7 Å². The molecule has 0 amide bonds. The Balaban J connectivity index is 1.39. The number of likely N-dealkylation sites (tertiary alicyclic amines) is 1. The van der Waals surface area contributed by atoms with Crippen LogP contribution >= 0.6 is 11.3 Å². The Hall–Kier alpha value is -3.43. The Labute approximate surface area is 236 Å². The largest absolute Gasteiger partial charge is 0.481 e. The summed E-state index contributed by atoms with van der Waals surface area (Å²) in [6, 6.07) is 2.33. The van der Waals surface area contributed by atoms with E-state index in [0.29, 0.717) is 50.2 Å². The molecule has 0 unspecified atom stereocenters. The van der Waals surface area contributed by atoms with Gasteiger partial charge in [0.2, 0.25) is 5.82 Å². The van der Waals surface area contributed by atoms with Gasteiger partial charge in [-0.2, -0.15) is 17.6 Å². The second-order valence-corrected chi connectivity index (χ2v) is 11.0. The van der Waals surface area contributed by atoms with Crippen molar-refractivity contribution < 1.29 is 31.9 Å². The van der Waals surface area contributed by atoms with Crippen LogP contribution in [0.4, 0.5) is 38.7 Å². The van der Waals surface area contributed by atoms with Crippen LogP contribution in [0.15, 0.2) is 24.5 Å². The summed E-state index contributed by atoms with van der Waals surface area (Å²) in [5.74, 6) is -2.69. The van der Waals surface area contributed by atoms with E-state index >= 15 is 4.39 Å². The SMILES string of the molecule is O=C(O)CCN1CCN(c2ncnc(Nc3nc(-c4cc(F)cc(C(F)(F)F)c4)c(CN4CCCC4)s3)c2F)CC1. The molecule has 5 rings (SSSR count). The van der Waals surface area contributed by atoms with E-state index in [2.05, 4.69) is 25.2 Å². The molecule has 1 aromatic carbocycles. The Bertz CT molecular complexity index is 1390. The quantitative estimate of drug-likeness (QED) is 0.336. The number of hydrogen-bond donors (Lipinski definition) is 2. The highest BCUT2D eigenvalue weighted by molar-refractivity contribution is 7.16. The molecule has 0 bridgehead atoms. The molecule has 2 fully saturated rings. The van der Waals surface area contributed by atoms with Crippen LogP contribution in [-0.4, -0.2) is 81.6 Å². The van der Waals surface area contributed by atoms with Crippen molar-refractivity contribution in [2.45, 2.75) is 32.0 Å². The van der Waals surface area contributed by atoms with E-state index in [1.165, 1.54) is 6.33 Å². The number of aliphatic carboxylic acids is 1. The minimum Gasteiger partial charge on any atom is -0.481 e. The van der Waals surface area contributed by atoms with Crippen molar-refractivity contribution in [3.63, 3.8) is 0 Å². The first kappa shape index (κ1) is 29.1. The molecule has 2 aliphatic heterocycles. The van der Waals surface area contributed by atoms with E-state index < -0.39 is 29.3 Å². The van der Waals surface area contributed by atoms with Gasteiger partial charge >= 0.3 is 12.1 Å². The van der Waals surface area contributed by atoms with Crippen molar-refractivity contribution in [2.75, 3.05) is 56.0 Å². The maximum Gasteiger partial charge on any atom is 0.416 e. The maximum absolute atomic E-state index is 15.6. The monoisotopic (exact) mass is 597 g/mol. The third-order valence-corrected chi connectivity index (χ3v) is 8.03. The number of rotatable bonds is 9. The standard InChI is InChI=1S/C26H28F5N7O2S/c27-18-12-16(11-17(13-18)26(29,30)31)22-19(14-37-4-1-2-5-37)41-25(34-22)35-23-21(28)24(33-15-32-23)38-9-7-36(8-10-38)6-3-20(39)40/h11-13,15H,1-10,14H2,(H,39,40)(H,32,33,34,35). The molecule has 220 valence electrons. The summed E-state index contributed by atoms with van der Waals surface area (Å²) in [5, 5.41) is 11.9. The van der Waals surface area contributed by atoms with Gasteiger partial charge in [-0.05, 0) is 44.1 Å². The molecular weight excluding hydrogens is 569 g/mol. The summed E-state index contributed by atoms with van der Waals surface area (Å²) < 4.78 is 70.1. The number of anilines is 3. The van der Waals surface area contributed by atoms with Gasteiger partial charge in [0, 0.05) is 49.7 Å². The number of nitrogens with one attached hydrogen (secondary N) is 1. The average molecular weight is 598 g/mol. The highest BCUT2D eigenvalue weighted by atomic mass is 32.1. The minimum atomic E-state index is -4.73. The number of thiazole rings is 1. The molecule has 3 aromatic rings. The Morgan fingerprint density at radius 2 is 1.73 bits per heavy atom. The van der Waals surface area contributed by atoms with Crippen LogP contribution in [0, 0.1) is 11.6 Å². The summed E-state index contributed by atoms with van der Waals surface area (Å²) in [4.78, 5) is 29.9. The fourth-order valence-corrected chi connectivity index (χ4v) is 6.00. The number of halogens is 5. The fourth-order valence-electron chi connectivity index (χ4n) is 4.98. The maximum atomic E-state index is 15.6. The predicted octanol–water partition coefficient (Wildman–Crippen LogP) is 4.83. The van der Waals surface area contributed by atoms with Crippen LogP contribution in [0.5, 0.6) is 0 Å². The first-order valence-corrected chi connectivity index (χ1v) is 14.0. The number of hydrogen-bond acceptors (Lipinski definition) is 9. The number of piperazine rings is 1. The molecule has 41 heavy (non-hydrogen) atoms. The third kappa shape index (κ3) is 7.08. The van der Waals surface area contributed by atoms with E-state index in [1.54, 1.807) is 4.90 Å². The zero-order valence-electron chi connectivity index (χ0n) is 21.9. The predicted molar refractivity (Wildman–Crippen MR) is 143 cm³/mol. The lowest BCUT2D eigenvalue weighted by atomic mass is 10.1. The molecule has 2 saturated heterocycles. The van der Waals surface area contributed by atoms with Crippen molar-refractivity contribution >= 4 is 34.1 Å². The van der Waals surface area contributed by atoms with Crippen molar-refractivity contribution in [3.05, 3.63) is 46.6 Å². The van der Waals surface area contributed by atoms with E-state index in [-0.39, 0.29) is 34.4 Å². The zero-order valence-corrected chi connectivity index (χ0v) is 22.7. The minimum absolute atomic E-state index is 0.0135. The van der Waals surface area contributed by atoms with E-state index in [4.69, 9.17) is 5.11 Å². The molecule has 2 aromatic heterocycles. The smallest absolute Gasteiger partial charge is 0.416 e. The number of alkyl halides is 3. The molecule has 9 nitrogen and oxygen atoms in total. The molecule has 0 spiro atoms. The molecule has 0 radical (unpaired) electrons. The molecule has 0 aliphatic carbocycles. The summed E-state index contributed by atoms with van der Waals surface area (Å²) in [6.07, 6.45) is -1.50. The molecular formula is C26H28F5N7O2S. The lowest BCUT2D eigenvalue weighted by molar-refractivity contribution is -0.138. The van der Waals surface area contributed by atoms with Crippen LogP contribution in [0.3, 0.4) is 0 Å². The van der Waals surface area contributed by atoms with Gasteiger partial charge in [0.25, 0.3) is 0 Å². The van der Waals surface area contributed by atoms with Gasteiger partial charge in [-0.25, -0.2) is 19.3 Å². The van der Waals surface area contributed by atoms with Crippen molar-refractivity contribution in [3.8, 4) is 11.3 Å². The first-order valence-electron chi connectivity index (χ1n) is 13.1. The van der Waals surface area contributed by atoms with Crippen LogP contribution in [0.2, 0.25) is 0 Å². The molecule has 2 N–H and O–H groups in total. The summed E-state index contributed by atoms with van der Waals surface area (Å²) in [7, 11) is 0. The number of carboxylic acids is 1. The Morgan fingerprint density at radius 1 is 1.00 bits per heavy atom. The van der Waals surface area contributed by atoms with Crippen LogP contribution < -0.4 is 10.2 Å². The first-order chi connectivity index (χ1) is 19.6. The van der Waals surface area contributed by atoms with Crippen molar-refractivity contribution in [2.24, 2.45) is 0 Å². The van der Waals surface area contributed by atoms with E-state index in [1.807, 2.05) is 4.90 Å². The molecule has 15 heteroatoms. The number of carboxylic acid groups (broad SMARTS) is 1. The van der Waals surface area contributed by atoms with Crippen LogP contribution in [-0.2, 0) is 17.5 Å². The second-order valence-electron chi connectivity index (χ2n) is 9.96. The fraction of sp³-hybridized carbons (Fsp3) is 0.462. The molecule has 2 aliphatic rings. The lowest BCUT2D eigenvalue weighted by Gasteiger charge is -2.35. The van der Waals surface area contributed by atoms with Gasteiger partial charge in [0.1, 0.15) is 12.1 Å². The highest BCUT2D eigenvalue weighted by Crippen LogP contribution is 2.38. The van der Waals surface area contributed by atoms with Crippen LogP contribution in [0.25, 0.3) is 11.3 Å². The third-order valence-electron chi connectivity index (χ3n) is 7.07. The zero-order chi connectivity index (χ0) is 29.1. The summed E-state index contributed by atoms with van der Waals surface area (Å²) in [5.41, 5.74) is -0.932.